The maximum atomic E-state index is 9.87. The van der Waals surface area contributed by atoms with Crippen molar-refractivity contribution < 1.29 is 24.4 Å². The van der Waals surface area contributed by atoms with Crippen LogP contribution in [0.25, 0.3) is 0 Å². The van der Waals surface area contributed by atoms with Crippen molar-refractivity contribution in [1.82, 2.24) is 0 Å². The summed E-state index contributed by atoms with van der Waals surface area (Å²) < 4.78 is 17.1. The van der Waals surface area contributed by atoms with Crippen LogP contribution in [0.2, 0.25) is 0 Å². The van der Waals surface area contributed by atoms with Crippen LogP contribution in [0.4, 0.5) is 0 Å². The number of aliphatic hydroxyl groups excluding tert-OH is 2. The van der Waals surface area contributed by atoms with Crippen LogP contribution >= 0.6 is 0 Å². The molecule has 0 aliphatic carbocycles. The van der Waals surface area contributed by atoms with E-state index in [9.17, 15) is 5.11 Å². The van der Waals surface area contributed by atoms with E-state index in [-0.39, 0.29) is 6.61 Å². The van der Waals surface area contributed by atoms with Crippen LogP contribution in [0.3, 0.4) is 0 Å². The van der Waals surface area contributed by atoms with Crippen molar-refractivity contribution in [2.45, 2.75) is 44.2 Å². The van der Waals surface area contributed by atoms with Crippen LogP contribution < -0.4 is 0 Å². The summed E-state index contributed by atoms with van der Waals surface area (Å²) in [6, 6.07) is 10.1. The van der Waals surface area contributed by atoms with E-state index in [4.69, 9.17) is 19.3 Å². The van der Waals surface area contributed by atoms with Gasteiger partial charge in [0.05, 0.1) is 25.9 Å². The highest BCUT2D eigenvalue weighted by Gasteiger charge is 2.37. The molecule has 0 radical (unpaired) electrons. The van der Waals surface area contributed by atoms with Gasteiger partial charge in [0.2, 0.25) is 0 Å². The number of aliphatic hydroxyl groups is 2. The average Bonchev–Trinajstić information content (AvgIpc) is 2.97. The van der Waals surface area contributed by atoms with Crippen LogP contribution in [0.5, 0.6) is 0 Å². The SMILES string of the molecule is OCC[C@H](O)CC1(CCCOCc2ccccc2)OCCO1. The normalized spacial score (nSPS) is 18.5. The summed E-state index contributed by atoms with van der Waals surface area (Å²) in [5.41, 5.74) is 1.16. The lowest BCUT2D eigenvalue weighted by Gasteiger charge is -2.29. The Balaban J connectivity index is 1.68. The van der Waals surface area contributed by atoms with E-state index >= 15 is 0 Å². The Morgan fingerprint density at radius 3 is 2.59 bits per heavy atom. The summed E-state index contributed by atoms with van der Waals surface area (Å²) in [6.07, 6.45) is 1.63. The molecule has 1 aliphatic rings. The Kier molecular flexibility index (Phi) is 7.29. The minimum Gasteiger partial charge on any atom is -0.396 e. The lowest BCUT2D eigenvalue weighted by atomic mass is 10.0. The minimum absolute atomic E-state index is 0.0303. The summed E-state index contributed by atoms with van der Waals surface area (Å²) in [5.74, 6) is -0.718. The Bertz CT molecular complexity index is 403. The number of ether oxygens (including phenoxy) is 3. The Hall–Kier alpha value is -0.980. The van der Waals surface area contributed by atoms with E-state index < -0.39 is 11.9 Å². The minimum atomic E-state index is -0.718. The van der Waals surface area contributed by atoms with Crippen LogP contribution in [-0.4, -0.2) is 48.5 Å². The van der Waals surface area contributed by atoms with E-state index in [1.54, 1.807) is 0 Å². The van der Waals surface area contributed by atoms with Crippen molar-refractivity contribution in [2.24, 2.45) is 0 Å². The van der Waals surface area contributed by atoms with Gasteiger partial charge in [-0.2, -0.15) is 0 Å². The molecule has 5 heteroatoms. The summed E-state index contributed by atoms with van der Waals surface area (Å²) in [7, 11) is 0. The summed E-state index contributed by atoms with van der Waals surface area (Å²) in [4.78, 5) is 0. The van der Waals surface area contributed by atoms with E-state index in [1.807, 2.05) is 30.3 Å². The molecule has 1 aliphatic heterocycles. The average molecular weight is 310 g/mol. The molecule has 0 bridgehead atoms. The zero-order chi connectivity index (χ0) is 15.7. The van der Waals surface area contributed by atoms with Gasteiger partial charge in [-0.05, 0) is 18.4 Å². The second kappa shape index (κ2) is 9.22. The van der Waals surface area contributed by atoms with Crippen molar-refractivity contribution in [3.05, 3.63) is 35.9 Å². The molecule has 0 aromatic heterocycles. The first-order valence-electron chi connectivity index (χ1n) is 7.93. The second-order valence-corrected chi connectivity index (χ2v) is 5.62. The van der Waals surface area contributed by atoms with Crippen LogP contribution in [0.15, 0.2) is 30.3 Å². The molecule has 0 saturated carbocycles. The summed E-state index contributed by atoms with van der Waals surface area (Å²) in [5, 5.41) is 18.8. The van der Waals surface area contributed by atoms with Crippen molar-refractivity contribution in [1.29, 1.82) is 0 Å². The van der Waals surface area contributed by atoms with E-state index in [0.717, 1.165) is 12.0 Å². The molecule has 1 saturated heterocycles. The van der Waals surface area contributed by atoms with Crippen molar-refractivity contribution in [3.63, 3.8) is 0 Å². The molecular weight excluding hydrogens is 284 g/mol. The molecule has 1 heterocycles. The molecule has 5 nitrogen and oxygen atoms in total. The number of hydrogen-bond donors (Lipinski definition) is 2. The van der Waals surface area contributed by atoms with Gasteiger partial charge in [0, 0.05) is 26.1 Å². The Morgan fingerprint density at radius 1 is 1.18 bits per heavy atom. The molecule has 0 spiro atoms. The molecule has 22 heavy (non-hydrogen) atoms. The molecule has 1 fully saturated rings. The zero-order valence-electron chi connectivity index (χ0n) is 12.9. The maximum Gasteiger partial charge on any atom is 0.171 e. The van der Waals surface area contributed by atoms with Gasteiger partial charge in [0.25, 0.3) is 0 Å². The van der Waals surface area contributed by atoms with Crippen LogP contribution in [-0.2, 0) is 20.8 Å². The van der Waals surface area contributed by atoms with E-state index in [0.29, 0.717) is 45.7 Å². The first-order valence-corrected chi connectivity index (χ1v) is 7.93. The molecule has 1 aromatic rings. The Labute approximate surface area is 131 Å². The molecule has 1 atom stereocenters. The zero-order valence-corrected chi connectivity index (χ0v) is 12.9. The van der Waals surface area contributed by atoms with Crippen molar-refractivity contribution in [2.75, 3.05) is 26.4 Å². The summed E-state index contributed by atoms with van der Waals surface area (Å²) in [6.45, 7) is 2.30. The number of benzene rings is 1. The van der Waals surface area contributed by atoms with Gasteiger partial charge in [0.15, 0.2) is 5.79 Å². The summed E-state index contributed by atoms with van der Waals surface area (Å²) >= 11 is 0. The van der Waals surface area contributed by atoms with Gasteiger partial charge in [-0.3, -0.25) is 0 Å². The van der Waals surface area contributed by atoms with Gasteiger partial charge in [0.1, 0.15) is 0 Å². The van der Waals surface area contributed by atoms with E-state index in [2.05, 4.69) is 0 Å². The Morgan fingerprint density at radius 2 is 1.91 bits per heavy atom. The standard InChI is InChI=1S/C17H26O5/c18-9-7-16(19)13-17(21-11-12-22-17)8-4-10-20-14-15-5-2-1-3-6-15/h1-3,5-6,16,18-19H,4,7-14H2/t16-/m0/s1. The quantitative estimate of drug-likeness (QED) is 0.646. The first kappa shape index (κ1) is 17.4. The van der Waals surface area contributed by atoms with Crippen molar-refractivity contribution >= 4 is 0 Å². The first-order chi connectivity index (χ1) is 10.7. The molecule has 124 valence electrons. The fourth-order valence-electron chi connectivity index (χ4n) is 2.68. The van der Waals surface area contributed by atoms with Gasteiger partial charge < -0.3 is 24.4 Å². The van der Waals surface area contributed by atoms with Gasteiger partial charge in [-0.25, -0.2) is 0 Å². The lowest BCUT2D eigenvalue weighted by Crippen LogP contribution is -2.35. The molecule has 2 N–H and O–H groups in total. The largest absolute Gasteiger partial charge is 0.396 e. The smallest absolute Gasteiger partial charge is 0.171 e. The highest BCUT2D eigenvalue weighted by Crippen LogP contribution is 2.30. The highest BCUT2D eigenvalue weighted by molar-refractivity contribution is 5.13. The monoisotopic (exact) mass is 310 g/mol. The third-order valence-corrected chi connectivity index (χ3v) is 3.78. The number of rotatable bonds is 10. The highest BCUT2D eigenvalue weighted by atomic mass is 16.7. The van der Waals surface area contributed by atoms with Crippen LogP contribution in [0.1, 0.15) is 31.2 Å². The van der Waals surface area contributed by atoms with E-state index in [1.165, 1.54) is 0 Å². The maximum absolute atomic E-state index is 9.87. The topological polar surface area (TPSA) is 68.2 Å². The molecule has 1 aromatic carbocycles. The molecule has 0 amide bonds. The van der Waals surface area contributed by atoms with Gasteiger partial charge in [-0.1, -0.05) is 30.3 Å². The van der Waals surface area contributed by atoms with Crippen LogP contribution in [0, 0.1) is 0 Å². The third-order valence-electron chi connectivity index (χ3n) is 3.78. The predicted octanol–water partition coefficient (Wildman–Crippen LogP) is 1.86. The molecule has 0 unspecified atom stereocenters. The fraction of sp³-hybridized carbons (Fsp3) is 0.647. The third kappa shape index (κ3) is 5.66. The van der Waals surface area contributed by atoms with Gasteiger partial charge >= 0.3 is 0 Å². The molecule has 2 rings (SSSR count). The molecular formula is C17H26O5. The predicted molar refractivity (Wildman–Crippen MR) is 82.3 cm³/mol. The second-order valence-electron chi connectivity index (χ2n) is 5.62. The number of hydrogen-bond acceptors (Lipinski definition) is 5. The fourth-order valence-corrected chi connectivity index (χ4v) is 2.68. The lowest BCUT2D eigenvalue weighted by molar-refractivity contribution is -0.184. The van der Waals surface area contributed by atoms with Gasteiger partial charge in [-0.15, -0.1) is 0 Å². The van der Waals surface area contributed by atoms with Crippen molar-refractivity contribution in [3.8, 4) is 0 Å².